The van der Waals surface area contributed by atoms with Crippen LogP contribution in [0.2, 0.25) is 0 Å². The topological polar surface area (TPSA) is 28.2 Å². The van der Waals surface area contributed by atoms with E-state index < -0.39 is 0 Å². The Balaban J connectivity index is 2.07. The summed E-state index contributed by atoms with van der Waals surface area (Å²) in [6.07, 6.45) is 3.83. The minimum absolute atomic E-state index is 0.160. The van der Waals surface area contributed by atoms with Gasteiger partial charge in [0, 0.05) is 30.1 Å². The highest BCUT2D eigenvalue weighted by molar-refractivity contribution is 7.15. The molecule has 1 fully saturated rings. The lowest BCUT2D eigenvalue weighted by Crippen LogP contribution is -2.35. The largest absolute Gasteiger partial charge is 0.348 e. The molecular formula is C16H29N3S. The first kappa shape index (κ1) is 15.8. The van der Waals surface area contributed by atoms with Gasteiger partial charge in [0.15, 0.2) is 5.13 Å². The molecule has 0 spiro atoms. The normalized spacial score (nSPS) is 15.7. The fourth-order valence-corrected chi connectivity index (χ4v) is 3.38. The summed E-state index contributed by atoms with van der Waals surface area (Å²) in [7, 11) is 0. The molecule has 0 aliphatic heterocycles. The van der Waals surface area contributed by atoms with Crippen molar-refractivity contribution in [1.82, 2.24) is 10.3 Å². The molecule has 0 saturated heterocycles. The molecule has 1 aromatic heterocycles. The molecule has 0 bridgehead atoms. The second-order valence-electron chi connectivity index (χ2n) is 6.81. The summed E-state index contributed by atoms with van der Waals surface area (Å²) >= 11 is 1.88. The Hall–Kier alpha value is -0.610. The number of aromatic nitrogens is 1. The zero-order valence-corrected chi connectivity index (χ0v) is 14.4. The average molecular weight is 295 g/mol. The first-order valence-electron chi connectivity index (χ1n) is 7.91. The van der Waals surface area contributed by atoms with Crippen molar-refractivity contribution < 1.29 is 0 Å². The molecule has 3 nitrogen and oxygen atoms in total. The van der Waals surface area contributed by atoms with E-state index in [0.717, 1.165) is 25.4 Å². The molecular weight excluding hydrogens is 266 g/mol. The van der Waals surface area contributed by atoms with Crippen molar-refractivity contribution in [2.75, 3.05) is 18.0 Å². The third-order valence-electron chi connectivity index (χ3n) is 3.71. The van der Waals surface area contributed by atoms with E-state index in [1.807, 2.05) is 11.3 Å². The maximum Gasteiger partial charge on any atom is 0.185 e. The highest BCUT2D eigenvalue weighted by Gasteiger charge is 2.25. The van der Waals surface area contributed by atoms with Crippen LogP contribution in [0.5, 0.6) is 0 Å². The molecule has 1 aliphatic rings. The molecule has 114 valence electrons. The second kappa shape index (κ2) is 6.44. The van der Waals surface area contributed by atoms with Crippen LogP contribution in [0.4, 0.5) is 5.13 Å². The molecule has 0 radical (unpaired) electrons. The average Bonchev–Trinajstić information content (AvgIpc) is 3.10. The van der Waals surface area contributed by atoms with Crippen molar-refractivity contribution >= 4 is 16.5 Å². The van der Waals surface area contributed by atoms with Crippen molar-refractivity contribution in [2.45, 2.75) is 66.0 Å². The maximum absolute atomic E-state index is 4.89. The van der Waals surface area contributed by atoms with Gasteiger partial charge >= 0.3 is 0 Å². The Labute approximate surface area is 127 Å². The quantitative estimate of drug-likeness (QED) is 0.828. The van der Waals surface area contributed by atoms with Gasteiger partial charge in [0.2, 0.25) is 0 Å². The SMILES string of the molecule is CCc1nc(N(CC)CC2CC2)sc1CNC(C)(C)C. The standard InChI is InChI=1S/C16H29N3S/c1-6-13-14(10-17-16(3,4)5)20-15(18-13)19(7-2)11-12-8-9-12/h12,17H,6-11H2,1-5H3. The minimum atomic E-state index is 0.160. The third kappa shape index (κ3) is 4.45. The Morgan fingerprint density at radius 2 is 2.00 bits per heavy atom. The summed E-state index contributed by atoms with van der Waals surface area (Å²) < 4.78 is 0. The lowest BCUT2D eigenvalue weighted by atomic mass is 10.1. The summed E-state index contributed by atoms with van der Waals surface area (Å²) in [5.41, 5.74) is 1.43. The van der Waals surface area contributed by atoms with Gasteiger partial charge in [-0.2, -0.15) is 0 Å². The Morgan fingerprint density at radius 1 is 1.30 bits per heavy atom. The molecule has 1 aromatic rings. The molecule has 4 heteroatoms. The lowest BCUT2D eigenvalue weighted by Gasteiger charge is -2.20. The van der Waals surface area contributed by atoms with E-state index in [1.165, 1.54) is 35.1 Å². The number of hydrogen-bond acceptors (Lipinski definition) is 4. The minimum Gasteiger partial charge on any atom is -0.348 e. The number of nitrogens with one attached hydrogen (secondary N) is 1. The van der Waals surface area contributed by atoms with Crippen LogP contribution >= 0.6 is 11.3 Å². The molecule has 0 atom stereocenters. The van der Waals surface area contributed by atoms with E-state index in [4.69, 9.17) is 4.98 Å². The Morgan fingerprint density at radius 3 is 2.50 bits per heavy atom. The van der Waals surface area contributed by atoms with Crippen LogP contribution in [0.1, 0.15) is 58.0 Å². The van der Waals surface area contributed by atoms with Crippen molar-refractivity contribution in [1.29, 1.82) is 0 Å². The lowest BCUT2D eigenvalue weighted by molar-refractivity contribution is 0.425. The smallest absolute Gasteiger partial charge is 0.185 e. The summed E-state index contributed by atoms with van der Waals surface area (Å²) in [6.45, 7) is 14.3. The summed E-state index contributed by atoms with van der Waals surface area (Å²) in [5.74, 6) is 0.917. The number of hydrogen-bond donors (Lipinski definition) is 1. The van der Waals surface area contributed by atoms with E-state index in [-0.39, 0.29) is 5.54 Å². The van der Waals surface area contributed by atoms with Crippen LogP contribution in [0.25, 0.3) is 0 Å². The molecule has 1 heterocycles. The highest BCUT2D eigenvalue weighted by Crippen LogP contribution is 2.33. The molecule has 1 aliphatic carbocycles. The predicted octanol–water partition coefficient (Wildman–Crippen LogP) is 3.83. The zero-order chi connectivity index (χ0) is 14.8. The highest BCUT2D eigenvalue weighted by atomic mass is 32.1. The van der Waals surface area contributed by atoms with Gasteiger partial charge in [-0.15, -0.1) is 11.3 Å². The summed E-state index contributed by atoms with van der Waals surface area (Å²) in [4.78, 5) is 8.76. The van der Waals surface area contributed by atoms with Crippen molar-refractivity contribution in [3.8, 4) is 0 Å². The van der Waals surface area contributed by atoms with Crippen LogP contribution < -0.4 is 10.2 Å². The van der Waals surface area contributed by atoms with Crippen LogP contribution in [0.3, 0.4) is 0 Å². The van der Waals surface area contributed by atoms with Crippen LogP contribution in [-0.4, -0.2) is 23.6 Å². The first-order valence-corrected chi connectivity index (χ1v) is 8.73. The van der Waals surface area contributed by atoms with E-state index in [1.54, 1.807) is 0 Å². The number of aryl methyl sites for hydroxylation is 1. The summed E-state index contributed by atoms with van der Waals surface area (Å²) in [5, 5.41) is 4.81. The van der Waals surface area contributed by atoms with Gasteiger partial charge < -0.3 is 10.2 Å². The predicted molar refractivity (Wildman–Crippen MR) is 88.7 cm³/mol. The first-order chi connectivity index (χ1) is 9.43. The van der Waals surface area contributed by atoms with Gasteiger partial charge in [0.25, 0.3) is 0 Å². The zero-order valence-electron chi connectivity index (χ0n) is 13.6. The second-order valence-corrected chi connectivity index (χ2v) is 7.87. The van der Waals surface area contributed by atoms with Gasteiger partial charge in [-0.25, -0.2) is 4.98 Å². The number of thiazole rings is 1. The van der Waals surface area contributed by atoms with E-state index in [2.05, 4.69) is 44.8 Å². The molecule has 2 rings (SSSR count). The van der Waals surface area contributed by atoms with Gasteiger partial charge in [0.1, 0.15) is 0 Å². The summed E-state index contributed by atoms with van der Waals surface area (Å²) in [6, 6.07) is 0. The molecule has 0 aromatic carbocycles. The van der Waals surface area contributed by atoms with Crippen molar-refractivity contribution in [3.05, 3.63) is 10.6 Å². The van der Waals surface area contributed by atoms with E-state index >= 15 is 0 Å². The Kier molecular flexibility index (Phi) is 5.08. The number of rotatable bonds is 7. The van der Waals surface area contributed by atoms with Gasteiger partial charge in [-0.3, -0.25) is 0 Å². The van der Waals surface area contributed by atoms with Gasteiger partial charge in [-0.05, 0) is 52.9 Å². The van der Waals surface area contributed by atoms with E-state index in [9.17, 15) is 0 Å². The molecule has 1 N–H and O–H groups in total. The van der Waals surface area contributed by atoms with E-state index in [0.29, 0.717) is 0 Å². The fraction of sp³-hybridized carbons (Fsp3) is 0.812. The maximum atomic E-state index is 4.89. The molecule has 20 heavy (non-hydrogen) atoms. The number of nitrogens with zero attached hydrogens (tertiary/aromatic N) is 2. The van der Waals surface area contributed by atoms with Crippen LogP contribution in [-0.2, 0) is 13.0 Å². The van der Waals surface area contributed by atoms with Crippen LogP contribution in [0.15, 0.2) is 0 Å². The monoisotopic (exact) mass is 295 g/mol. The van der Waals surface area contributed by atoms with Gasteiger partial charge in [-0.1, -0.05) is 6.92 Å². The Bertz CT molecular complexity index is 429. The van der Waals surface area contributed by atoms with Crippen molar-refractivity contribution in [3.63, 3.8) is 0 Å². The molecule has 0 amide bonds. The molecule has 0 unspecified atom stereocenters. The van der Waals surface area contributed by atoms with Crippen LogP contribution in [0, 0.1) is 5.92 Å². The fourth-order valence-electron chi connectivity index (χ4n) is 2.22. The molecule has 1 saturated carbocycles. The van der Waals surface area contributed by atoms with Gasteiger partial charge in [0.05, 0.1) is 5.69 Å². The van der Waals surface area contributed by atoms with Crippen molar-refractivity contribution in [2.24, 2.45) is 5.92 Å². The third-order valence-corrected chi connectivity index (χ3v) is 4.87. The number of anilines is 1.